The Kier molecular flexibility index (Phi) is 10.0. The highest BCUT2D eigenvalue weighted by Crippen LogP contribution is 2.42. The Bertz CT molecular complexity index is 1960. The number of carbonyl (C=O) groups is 2. The molecule has 1 aliphatic carbocycles. The third-order valence-electron chi connectivity index (χ3n) is 8.51. The van der Waals surface area contributed by atoms with Crippen molar-refractivity contribution in [2.24, 2.45) is 5.92 Å². The van der Waals surface area contributed by atoms with E-state index in [0.717, 1.165) is 63.9 Å². The van der Waals surface area contributed by atoms with Gasteiger partial charge in [-0.15, -0.1) is 11.3 Å². The fourth-order valence-electron chi connectivity index (χ4n) is 5.99. The summed E-state index contributed by atoms with van der Waals surface area (Å²) in [7, 11) is 2.93. The summed E-state index contributed by atoms with van der Waals surface area (Å²) in [4.78, 5) is 37.5. The van der Waals surface area contributed by atoms with Gasteiger partial charge in [-0.25, -0.2) is 15.0 Å². The van der Waals surface area contributed by atoms with Gasteiger partial charge in [0, 0.05) is 35.5 Å². The van der Waals surface area contributed by atoms with E-state index in [2.05, 4.69) is 20.6 Å². The molecule has 0 bridgehead atoms. The third kappa shape index (κ3) is 6.82. The van der Waals surface area contributed by atoms with E-state index in [1.54, 1.807) is 17.5 Å². The van der Waals surface area contributed by atoms with Gasteiger partial charge in [0.05, 0.1) is 51.8 Å². The Morgan fingerprint density at radius 2 is 1.72 bits per heavy atom. The number of methoxy groups -OCH3 is 2. The molecule has 0 atom stereocenters. The molecule has 0 saturated heterocycles. The van der Waals surface area contributed by atoms with Crippen molar-refractivity contribution < 1.29 is 19.1 Å². The van der Waals surface area contributed by atoms with Crippen LogP contribution < -0.4 is 15.4 Å². The Hall–Kier alpha value is -4.09. The standard InChI is InChI=1S/C35H33Cl2N5O4S/c1-19-16-27(41-34(45-2)25(19)18-43)24-8-4-6-22(30(24)36)23-7-5-9-26(31(23)37)40-33-32-28(14-15-38-33)47-29(42-32)17-39-21-12-10-20(11-13-21)35(44)46-3/h4-9,14-16,18,20-21,39H,10-13,17H2,1-3H3,(H,38,40)/t20-,21-. The zero-order valence-corrected chi connectivity index (χ0v) is 28.4. The Morgan fingerprint density at radius 3 is 2.45 bits per heavy atom. The van der Waals surface area contributed by atoms with E-state index in [0.29, 0.717) is 51.0 Å². The second kappa shape index (κ2) is 14.4. The second-order valence-corrected chi connectivity index (χ2v) is 13.3. The molecule has 12 heteroatoms. The molecule has 1 saturated carbocycles. The van der Waals surface area contributed by atoms with Crippen molar-refractivity contribution in [2.45, 2.75) is 45.2 Å². The predicted octanol–water partition coefficient (Wildman–Crippen LogP) is 8.42. The van der Waals surface area contributed by atoms with Gasteiger partial charge >= 0.3 is 5.97 Å². The molecule has 0 amide bonds. The molecule has 47 heavy (non-hydrogen) atoms. The van der Waals surface area contributed by atoms with Gasteiger partial charge in [-0.2, -0.15) is 0 Å². The number of fused-ring (bicyclic) bond motifs is 1. The van der Waals surface area contributed by atoms with Crippen LogP contribution in [0.3, 0.4) is 0 Å². The smallest absolute Gasteiger partial charge is 0.308 e. The molecule has 242 valence electrons. The molecule has 2 aromatic carbocycles. The maximum Gasteiger partial charge on any atom is 0.308 e. The number of aldehydes is 1. The molecule has 3 aromatic heterocycles. The zero-order chi connectivity index (χ0) is 33.1. The number of rotatable bonds is 10. The number of ether oxygens (including phenoxy) is 2. The van der Waals surface area contributed by atoms with Gasteiger partial charge in [0.15, 0.2) is 12.1 Å². The van der Waals surface area contributed by atoms with Crippen molar-refractivity contribution in [3.8, 4) is 28.3 Å². The number of carbonyl (C=O) groups excluding carboxylic acids is 2. The largest absolute Gasteiger partial charge is 0.480 e. The van der Waals surface area contributed by atoms with Gasteiger partial charge in [-0.05, 0) is 56.4 Å². The lowest BCUT2D eigenvalue weighted by molar-refractivity contribution is -0.146. The lowest BCUT2D eigenvalue weighted by atomic mass is 9.86. The van der Waals surface area contributed by atoms with Crippen molar-refractivity contribution in [1.82, 2.24) is 20.3 Å². The first-order chi connectivity index (χ1) is 22.8. The number of nitrogens with zero attached hydrogens (tertiary/aromatic N) is 3. The zero-order valence-electron chi connectivity index (χ0n) is 26.1. The van der Waals surface area contributed by atoms with Crippen molar-refractivity contribution in [3.05, 3.63) is 80.9 Å². The third-order valence-corrected chi connectivity index (χ3v) is 10.3. The molecule has 1 aliphatic rings. The van der Waals surface area contributed by atoms with Crippen LogP contribution in [0.4, 0.5) is 11.5 Å². The minimum Gasteiger partial charge on any atom is -0.480 e. The number of nitrogens with one attached hydrogen (secondary N) is 2. The van der Waals surface area contributed by atoms with Crippen LogP contribution in [-0.4, -0.2) is 47.5 Å². The lowest BCUT2D eigenvalue weighted by Crippen LogP contribution is -2.34. The quantitative estimate of drug-likeness (QED) is 0.110. The molecule has 3 heterocycles. The van der Waals surface area contributed by atoms with Crippen LogP contribution in [0.25, 0.3) is 32.6 Å². The number of anilines is 2. The number of halogens is 2. The molecule has 1 fully saturated rings. The first-order valence-corrected chi connectivity index (χ1v) is 16.8. The Morgan fingerprint density at radius 1 is 1.00 bits per heavy atom. The Labute approximate surface area is 286 Å². The first-order valence-electron chi connectivity index (χ1n) is 15.2. The van der Waals surface area contributed by atoms with E-state index in [4.69, 9.17) is 37.7 Å². The van der Waals surface area contributed by atoms with Crippen LogP contribution in [0.5, 0.6) is 5.88 Å². The number of hydrogen-bond donors (Lipinski definition) is 2. The number of aromatic nitrogens is 3. The number of esters is 1. The predicted molar refractivity (Wildman–Crippen MR) is 187 cm³/mol. The van der Waals surface area contributed by atoms with E-state index in [1.807, 2.05) is 55.5 Å². The van der Waals surface area contributed by atoms with E-state index in [9.17, 15) is 9.59 Å². The first kappa shape index (κ1) is 32.8. The van der Waals surface area contributed by atoms with E-state index >= 15 is 0 Å². The van der Waals surface area contributed by atoms with Crippen LogP contribution in [0.15, 0.2) is 54.7 Å². The van der Waals surface area contributed by atoms with Crippen LogP contribution in [0.1, 0.15) is 46.6 Å². The second-order valence-electron chi connectivity index (χ2n) is 11.4. The van der Waals surface area contributed by atoms with Crippen LogP contribution >= 0.6 is 34.5 Å². The van der Waals surface area contributed by atoms with E-state index in [-0.39, 0.29) is 17.8 Å². The molecule has 6 rings (SSSR count). The number of thiazole rings is 1. The van der Waals surface area contributed by atoms with Crippen molar-refractivity contribution >= 4 is 68.5 Å². The maximum atomic E-state index is 11.9. The van der Waals surface area contributed by atoms with E-state index < -0.39 is 0 Å². The Balaban J connectivity index is 1.23. The summed E-state index contributed by atoms with van der Waals surface area (Å²) in [5.74, 6) is 0.730. The maximum absolute atomic E-state index is 11.9. The van der Waals surface area contributed by atoms with Crippen LogP contribution in [0, 0.1) is 12.8 Å². The summed E-state index contributed by atoms with van der Waals surface area (Å²) in [6.07, 6.45) is 6.01. The minimum atomic E-state index is -0.111. The number of hydrogen-bond acceptors (Lipinski definition) is 10. The van der Waals surface area contributed by atoms with Gasteiger partial charge in [-0.3, -0.25) is 9.59 Å². The summed E-state index contributed by atoms with van der Waals surface area (Å²) < 4.78 is 11.3. The van der Waals surface area contributed by atoms with Crippen molar-refractivity contribution in [2.75, 3.05) is 19.5 Å². The molecule has 0 radical (unpaired) electrons. The molecule has 0 aliphatic heterocycles. The topological polar surface area (TPSA) is 115 Å². The number of benzene rings is 2. The summed E-state index contributed by atoms with van der Waals surface area (Å²) in [6.45, 7) is 2.46. The molecule has 2 N–H and O–H groups in total. The fraction of sp³-hybridized carbons (Fsp3) is 0.286. The normalized spacial score (nSPS) is 16.2. The van der Waals surface area contributed by atoms with Crippen molar-refractivity contribution in [1.29, 1.82) is 0 Å². The van der Waals surface area contributed by atoms with Gasteiger partial charge in [-0.1, -0.05) is 53.5 Å². The number of aryl methyl sites for hydroxylation is 1. The van der Waals surface area contributed by atoms with Gasteiger partial charge in [0.25, 0.3) is 0 Å². The van der Waals surface area contributed by atoms with Gasteiger partial charge < -0.3 is 20.1 Å². The van der Waals surface area contributed by atoms with Crippen LogP contribution in [-0.2, 0) is 16.1 Å². The average molecular weight is 691 g/mol. The molecule has 0 spiro atoms. The van der Waals surface area contributed by atoms with Gasteiger partial charge in [0.1, 0.15) is 10.5 Å². The number of pyridine rings is 2. The highest BCUT2D eigenvalue weighted by atomic mass is 35.5. The van der Waals surface area contributed by atoms with E-state index in [1.165, 1.54) is 14.2 Å². The SMILES string of the molecule is COc1nc(-c2cccc(-c3cccc(Nc4nccc5sc(CN[C@H]6CC[C@H](C(=O)OC)CC6)nc45)c3Cl)c2Cl)cc(C)c1C=O. The molecule has 5 aromatic rings. The minimum absolute atomic E-state index is 0.00231. The average Bonchev–Trinajstić information content (AvgIpc) is 3.52. The summed E-state index contributed by atoms with van der Waals surface area (Å²) >= 11 is 15.6. The summed E-state index contributed by atoms with van der Waals surface area (Å²) in [5, 5.41) is 8.91. The molecular weight excluding hydrogens is 657 g/mol. The summed E-state index contributed by atoms with van der Waals surface area (Å²) in [5.41, 5.74) is 5.28. The van der Waals surface area contributed by atoms with Crippen molar-refractivity contribution in [3.63, 3.8) is 0 Å². The highest BCUT2D eigenvalue weighted by Gasteiger charge is 2.27. The fourth-order valence-corrected chi connectivity index (χ4v) is 7.51. The molecule has 0 unspecified atom stereocenters. The molecular formula is C35H33Cl2N5O4S. The monoisotopic (exact) mass is 689 g/mol. The highest BCUT2D eigenvalue weighted by molar-refractivity contribution is 7.18. The molecule has 9 nitrogen and oxygen atoms in total. The van der Waals surface area contributed by atoms with Crippen LogP contribution in [0.2, 0.25) is 10.0 Å². The van der Waals surface area contributed by atoms with Gasteiger partial charge in [0.2, 0.25) is 5.88 Å². The lowest BCUT2D eigenvalue weighted by Gasteiger charge is -2.27. The summed E-state index contributed by atoms with van der Waals surface area (Å²) in [6, 6.07) is 15.5.